The molecule has 0 saturated carbocycles. The van der Waals surface area contributed by atoms with Gasteiger partial charge in [0.1, 0.15) is 7.05 Å². The second kappa shape index (κ2) is 6.33. The maximum atomic E-state index is 12.8. The summed E-state index contributed by atoms with van der Waals surface area (Å²) in [6, 6.07) is 17.9. The molecule has 0 radical (unpaired) electrons. The summed E-state index contributed by atoms with van der Waals surface area (Å²) in [4.78, 5) is 0. The van der Waals surface area contributed by atoms with Crippen LogP contribution in [-0.4, -0.2) is 17.3 Å². The van der Waals surface area contributed by atoms with Crippen LogP contribution in [-0.2, 0) is 11.6 Å². The van der Waals surface area contributed by atoms with E-state index in [9.17, 15) is 13.2 Å². The van der Waals surface area contributed by atoms with Crippen molar-refractivity contribution >= 4 is 28.2 Å². The minimum atomic E-state index is -4.31. The van der Waals surface area contributed by atoms with E-state index in [4.69, 9.17) is 0 Å². The van der Waals surface area contributed by atoms with E-state index < -0.39 is 11.7 Å². The lowest BCUT2D eigenvalue weighted by Crippen LogP contribution is -2.26. The van der Waals surface area contributed by atoms with Crippen molar-refractivity contribution < 1.29 is 17.7 Å². The Hall–Kier alpha value is -2.88. The van der Waals surface area contributed by atoms with Gasteiger partial charge in [0.2, 0.25) is 5.69 Å². The molecule has 0 amide bonds. The van der Waals surface area contributed by atoms with E-state index in [2.05, 4.69) is 48.8 Å². The second-order valence-electron chi connectivity index (χ2n) is 7.70. The molecule has 3 aromatic carbocycles. The van der Waals surface area contributed by atoms with E-state index in [1.165, 1.54) is 28.5 Å². The lowest BCUT2D eigenvalue weighted by atomic mass is 9.79. The monoisotopic (exact) mass is 380 g/mol. The van der Waals surface area contributed by atoms with Gasteiger partial charge in [0.15, 0.2) is 5.71 Å². The Morgan fingerprint density at radius 2 is 1.54 bits per heavy atom. The Kier molecular flexibility index (Phi) is 4.18. The molecule has 0 bridgehead atoms. The van der Waals surface area contributed by atoms with Crippen LogP contribution >= 0.6 is 0 Å². The molecule has 4 rings (SSSR count). The second-order valence-corrected chi connectivity index (χ2v) is 7.70. The van der Waals surface area contributed by atoms with E-state index in [0.29, 0.717) is 0 Å². The molecule has 0 fully saturated rings. The van der Waals surface area contributed by atoms with Gasteiger partial charge in [0, 0.05) is 17.7 Å². The number of allylic oxidation sites excluding steroid dienone is 1. The Morgan fingerprint density at radius 3 is 2.21 bits per heavy atom. The van der Waals surface area contributed by atoms with Crippen molar-refractivity contribution in [3.05, 3.63) is 83.4 Å². The fraction of sp³-hybridized carbons (Fsp3) is 0.208. The van der Waals surface area contributed by atoms with E-state index in [0.717, 1.165) is 29.1 Å². The third-order valence-electron chi connectivity index (χ3n) is 5.57. The molecule has 0 aromatic heterocycles. The number of rotatable bonds is 2. The summed E-state index contributed by atoms with van der Waals surface area (Å²) in [5.41, 5.74) is 3.45. The fourth-order valence-corrected chi connectivity index (χ4v) is 4.15. The number of hydrogen-bond acceptors (Lipinski definition) is 0. The third kappa shape index (κ3) is 2.93. The number of nitrogens with zero attached hydrogens (tertiary/aromatic N) is 1. The normalized spacial score (nSPS) is 16.2. The van der Waals surface area contributed by atoms with Gasteiger partial charge in [-0.25, -0.2) is 0 Å². The summed E-state index contributed by atoms with van der Waals surface area (Å²) in [7, 11) is 2.04. The van der Waals surface area contributed by atoms with Gasteiger partial charge in [-0.3, -0.25) is 0 Å². The lowest BCUT2D eigenvalue weighted by molar-refractivity contribution is -0.401. The summed E-state index contributed by atoms with van der Waals surface area (Å²) in [6.07, 6.45) is -0.424. The van der Waals surface area contributed by atoms with E-state index in [1.807, 2.05) is 25.3 Å². The molecule has 4 heteroatoms. The molecule has 1 nitrogen and oxygen atoms in total. The predicted octanol–water partition coefficient (Wildman–Crippen LogP) is 6.58. The van der Waals surface area contributed by atoms with Crippen molar-refractivity contribution in [1.29, 1.82) is 0 Å². The van der Waals surface area contributed by atoms with Crippen LogP contribution in [0, 0.1) is 0 Å². The molecule has 0 saturated heterocycles. The van der Waals surface area contributed by atoms with Crippen LogP contribution in [0.2, 0.25) is 0 Å². The van der Waals surface area contributed by atoms with Gasteiger partial charge in [-0.2, -0.15) is 17.7 Å². The van der Waals surface area contributed by atoms with E-state index >= 15 is 0 Å². The smallest absolute Gasteiger partial charge is 0.198 e. The van der Waals surface area contributed by atoms with Crippen LogP contribution in [0.15, 0.2) is 66.7 Å². The number of hydrogen-bond donors (Lipinski definition) is 0. The maximum absolute atomic E-state index is 12.8. The molecule has 0 aliphatic carbocycles. The van der Waals surface area contributed by atoms with Crippen molar-refractivity contribution in [2.75, 3.05) is 7.05 Å². The minimum Gasteiger partial charge on any atom is -0.198 e. The molecule has 0 N–H and O–H groups in total. The highest BCUT2D eigenvalue weighted by atomic mass is 19.4. The average Bonchev–Trinajstić information content (AvgIpc) is 2.85. The highest BCUT2D eigenvalue weighted by molar-refractivity contribution is 6.09. The van der Waals surface area contributed by atoms with Crippen LogP contribution in [0.3, 0.4) is 0 Å². The lowest BCUT2D eigenvalue weighted by Gasteiger charge is -2.17. The van der Waals surface area contributed by atoms with Gasteiger partial charge in [-0.05, 0) is 54.5 Å². The average molecular weight is 380 g/mol. The molecular formula is C24H21F3N+. The molecule has 28 heavy (non-hydrogen) atoms. The Balaban J connectivity index is 1.73. The first-order chi connectivity index (χ1) is 13.2. The van der Waals surface area contributed by atoms with Crippen molar-refractivity contribution in [1.82, 2.24) is 0 Å². The van der Waals surface area contributed by atoms with Gasteiger partial charge in [-0.1, -0.05) is 36.4 Å². The Morgan fingerprint density at radius 1 is 0.857 bits per heavy atom. The first-order valence-electron chi connectivity index (χ1n) is 9.18. The zero-order valence-corrected chi connectivity index (χ0v) is 16.0. The zero-order valence-electron chi connectivity index (χ0n) is 16.0. The standard InChI is InChI=1S/C24H21F3N/c1-23(2)21(15-10-16-8-12-18(13-9-16)24(25,26)27)28(3)20-14-11-17-6-4-5-7-19(17)22(20)23/h4-15H,1-3H3/q+1/b15-10+. The maximum Gasteiger partial charge on any atom is 0.416 e. The van der Waals surface area contributed by atoms with Crippen LogP contribution in [0.4, 0.5) is 18.9 Å². The molecule has 3 aromatic rings. The Bertz CT molecular complexity index is 1120. The molecule has 0 atom stereocenters. The van der Waals surface area contributed by atoms with Crippen molar-refractivity contribution in [3.63, 3.8) is 0 Å². The van der Waals surface area contributed by atoms with Crippen molar-refractivity contribution in [3.8, 4) is 0 Å². The highest BCUT2D eigenvalue weighted by Crippen LogP contribution is 2.43. The van der Waals surface area contributed by atoms with Gasteiger partial charge in [-0.15, -0.1) is 0 Å². The largest absolute Gasteiger partial charge is 0.416 e. The fourth-order valence-electron chi connectivity index (χ4n) is 4.15. The van der Waals surface area contributed by atoms with Gasteiger partial charge in [0.05, 0.1) is 11.0 Å². The van der Waals surface area contributed by atoms with E-state index in [-0.39, 0.29) is 5.41 Å². The van der Waals surface area contributed by atoms with Crippen LogP contribution in [0.25, 0.3) is 16.8 Å². The van der Waals surface area contributed by atoms with Crippen LogP contribution < -0.4 is 0 Å². The summed E-state index contributed by atoms with van der Waals surface area (Å²) in [5.74, 6) is 0. The molecule has 0 unspecified atom stereocenters. The first-order valence-corrected chi connectivity index (χ1v) is 9.18. The summed E-state index contributed by atoms with van der Waals surface area (Å²) >= 11 is 0. The summed E-state index contributed by atoms with van der Waals surface area (Å²) < 4.78 is 40.4. The number of halogens is 3. The molecule has 0 spiro atoms. The highest BCUT2D eigenvalue weighted by Gasteiger charge is 2.44. The third-order valence-corrected chi connectivity index (χ3v) is 5.57. The zero-order chi connectivity index (χ0) is 20.1. The first kappa shape index (κ1) is 18.5. The summed E-state index contributed by atoms with van der Waals surface area (Å²) in [5, 5.41) is 2.44. The Labute approximate surface area is 162 Å². The van der Waals surface area contributed by atoms with Crippen molar-refractivity contribution in [2.24, 2.45) is 0 Å². The SMILES string of the molecule is C[N+]1=C(/C=C/c2ccc(C(F)(F)F)cc2)C(C)(C)c2c1ccc1ccccc21. The molecule has 1 heterocycles. The molecular weight excluding hydrogens is 359 g/mol. The van der Waals surface area contributed by atoms with Gasteiger partial charge in [0.25, 0.3) is 0 Å². The number of fused-ring (bicyclic) bond motifs is 3. The van der Waals surface area contributed by atoms with Gasteiger partial charge >= 0.3 is 6.18 Å². The number of alkyl halides is 3. The molecule has 1 aliphatic rings. The topological polar surface area (TPSA) is 3.01 Å². The number of benzene rings is 3. The van der Waals surface area contributed by atoms with Crippen LogP contribution in [0.1, 0.15) is 30.5 Å². The van der Waals surface area contributed by atoms with Crippen molar-refractivity contribution in [2.45, 2.75) is 25.4 Å². The van der Waals surface area contributed by atoms with Gasteiger partial charge < -0.3 is 0 Å². The molecule has 1 aliphatic heterocycles. The minimum absolute atomic E-state index is 0.215. The van der Waals surface area contributed by atoms with E-state index in [1.54, 1.807) is 0 Å². The quantitative estimate of drug-likeness (QED) is 0.442. The predicted molar refractivity (Wildman–Crippen MR) is 108 cm³/mol. The van der Waals surface area contributed by atoms with Crippen LogP contribution in [0.5, 0.6) is 0 Å². The molecule has 142 valence electrons. The summed E-state index contributed by atoms with van der Waals surface area (Å²) in [6.45, 7) is 4.38.